The van der Waals surface area contributed by atoms with Gasteiger partial charge in [-0.15, -0.1) is 0 Å². The molecule has 1 aromatic rings. The average Bonchev–Trinajstić information content (AvgIpc) is 2.70. The summed E-state index contributed by atoms with van der Waals surface area (Å²) in [6.07, 6.45) is -0.519. The Labute approximate surface area is 142 Å². The summed E-state index contributed by atoms with van der Waals surface area (Å²) < 4.78 is 5.09. The molecule has 1 atom stereocenters. The van der Waals surface area contributed by atoms with E-state index < -0.39 is 12.1 Å². The van der Waals surface area contributed by atoms with Crippen LogP contribution in [0.4, 0.5) is 5.69 Å². The number of nitrogen functional groups attached to an aromatic ring is 1. The van der Waals surface area contributed by atoms with E-state index in [0.29, 0.717) is 17.0 Å². The quantitative estimate of drug-likeness (QED) is 0.249. The Kier molecular flexibility index (Phi) is 5.23. The van der Waals surface area contributed by atoms with Crippen LogP contribution < -0.4 is 16.9 Å². The van der Waals surface area contributed by atoms with Gasteiger partial charge < -0.3 is 16.2 Å². The van der Waals surface area contributed by atoms with E-state index in [9.17, 15) is 4.79 Å². The van der Waals surface area contributed by atoms with Crippen molar-refractivity contribution in [1.29, 1.82) is 0 Å². The zero-order chi connectivity index (χ0) is 16.3. The van der Waals surface area contributed by atoms with E-state index in [4.69, 9.17) is 51.6 Å². The maximum absolute atomic E-state index is 11.4. The third-order valence-electron chi connectivity index (χ3n) is 2.82. The summed E-state index contributed by atoms with van der Waals surface area (Å²) >= 11 is 16.5. The van der Waals surface area contributed by atoms with Crippen LogP contribution in [-0.4, -0.2) is 22.9 Å². The number of rotatable bonds is 4. The molecule has 1 aromatic carbocycles. The second-order valence-corrected chi connectivity index (χ2v) is 5.64. The molecule has 1 aliphatic heterocycles. The highest BCUT2D eigenvalue weighted by Crippen LogP contribution is 2.31. The second-order valence-electron chi connectivity index (χ2n) is 4.42. The van der Waals surface area contributed by atoms with Gasteiger partial charge in [0.25, 0.3) is 0 Å². The summed E-state index contributed by atoms with van der Waals surface area (Å²) in [5.74, 6) is -0.661. The molecule has 0 bridgehead atoms. The molecule has 0 spiro atoms. The molecule has 1 unspecified atom stereocenters. The number of carbonyl (C=O) groups excluding carboxylic acids is 1. The number of nitrogens with two attached hydrogens (primary N) is 2. The number of nitrogens with one attached hydrogen (secondary N) is 1. The van der Waals surface area contributed by atoms with Crippen molar-refractivity contribution in [2.75, 3.05) is 5.73 Å². The zero-order valence-corrected chi connectivity index (χ0v) is 13.5. The number of thiocarbonyl (C=S) groups is 1. The van der Waals surface area contributed by atoms with Gasteiger partial charge in [0, 0.05) is 12.1 Å². The van der Waals surface area contributed by atoms with Crippen LogP contribution in [0.2, 0.25) is 0 Å². The summed E-state index contributed by atoms with van der Waals surface area (Å²) in [5, 5.41) is 4.13. The van der Waals surface area contributed by atoms with Gasteiger partial charge in [0.2, 0.25) is 0 Å². The summed E-state index contributed by atoms with van der Waals surface area (Å²) in [6, 6.07) is 7.02. The zero-order valence-electron chi connectivity index (χ0n) is 11.2. The monoisotopic (exact) mass is 358 g/mol. The van der Waals surface area contributed by atoms with Crippen molar-refractivity contribution in [3.05, 3.63) is 39.9 Å². The lowest BCUT2D eigenvalue weighted by Crippen LogP contribution is -2.27. The van der Waals surface area contributed by atoms with Crippen LogP contribution in [0.15, 0.2) is 39.4 Å². The smallest absolute Gasteiger partial charge is 0.351 e. The fourth-order valence-electron chi connectivity index (χ4n) is 1.85. The normalized spacial score (nSPS) is 18.4. The first kappa shape index (κ1) is 16.5. The van der Waals surface area contributed by atoms with E-state index in [-0.39, 0.29) is 21.6 Å². The topological polar surface area (TPSA) is 103 Å². The van der Waals surface area contributed by atoms with Crippen LogP contribution in [0, 0.1) is 0 Å². The van der Waals surface area contributed by atoms with Crippen molar-refractivity contribution in [3.63, 3.8) is 0 Å². The molecule has 5 N–H and O–H groups in total. The van der Waals surface area contributed by atoms with Gasteiger partial charge >= 0.3 is 5.97 Å². The summed E-state index contributed by atoms with van der Waals surface area (Å²) in [4.78, 5) is 11.4. The number of nitrogens with zero attached hydrogens (tertiary/aromatic N) is 1. The molecule has 0 radical (unpaired) electrons. The molecular formula is C13H12Cl2N4O2S. The SMILES string of the molecule is NC(=S)N/N=C(/CC1OC(=O)C(Cl)=C1Cl)c1cccc(N)c1. The minimum Gasteiger partial charge on any atom is -0.452 e. The highest BCUT2D eigenvalue weighted by atomic mass is 35.5. The van der Waals surface area contributed by atoms with E-state index in [1.807, 2.05) is 0 Å². The molecule has 22 heavy (non-hydrogen) atoms. The number of hydrogen-bond acceptors (Lipinski definition) is 5. The average molecular weight is 359 g/mol. The summed E-state index contributed by atoms with van der Waals surface area (Å²) in [5.41, 5.74) is 15.4. The molecule has 6 nitrogen and oxygen atoms in total. The fraction of sp³-hybridized carbons (Fsp3) is 0.154. The number of cyclic esters (lactones) is 1. The first-order valence-electron chi connectivity index (χ1n) is 6.12. The minimum atomic E-state index is -0.713. The molecule has 0 fully saturated rings. The van der Waals surface area contributed by atoms with Crippen LogP contribution >= 0.6 is 35.4 Å². The van der Waals surface area contributed by atoms with Gasteiger partial charge in [-0.1, -0.05) is 35.3 Å². The van der Waals surface area contributed by atoms with Crippen LogP contribution in [0.5, 0.6) is 0 Å². The van der Waals surface area contributed by atoms with Gasteiger partial charge in [0.15, 0.2) is 5.11 Å². The molecule has 2 rings (SSSR count). The number of benzene rings is 1. The second kappa shape index (κ2) is 6.95. The molecule has 0 amide bonds. The lowest BCUT2D eigenvalue weighted by molar-refractivity contribution is -0.138. The number of esters is 1. The van der Waals surface area contributed by atoms with E-state index in [2.05, 4.69) is 10.5 Å². The Hall–Kier alpha value is -1.83. The largest absolute Gasteiger partial charge is 0.452 e. The number of hydrazone groups is 1. The molecule has 1 heterocycles. The Balaban J connectivity index is 2.29. The Morgan fingerprint density at radius 2 is 2.18 bits per heavy atom. The molecule has 116 valence electrons. The van der Waals surface area contributed by atoms with E-state index in [1.54, 1.807) is 24.3 Å². The van der Waals surface area contributed by atoms with Crippen molar-refractivity contribution in [1.82, 2.24) is 5.43 Å². The maximum atomic E-state index is 11.4. The number of hydrogen-bond donors (Lipinski definition) is 3. The first-order valence-corrected chi connectivity index (χ1v) is 7.29. The van der Waals surface area contributed by atoms with Gasteiger partial charge in [-0.05, 0) is 29.9 Å². The van der Waals surface area contributed by atoms with Crippen LogP contribution in [0.1, 0.15) is 12.0 Å². The van der Waals surface area contributed by atoms with Crippen molar-refractivity contribution in [2.24, 2.45) is 10.8 Å². The van der Waals surface area contributed by atoms with Gasteiger partial charge in [0.1, 0.15) is 11.1 Å². The van der Waals surface area contributed by atoms with Crippen LogP contribution in [0.25, 0.3) is 0 Å². The van der Waals surface area contributed by atoms with Crippen LogP contribution in [0.3, 0.4) is 0 Å². The molecule has 0 aliphatic carbocycles. The molecule has 0 saturated carbocycles. The Bertz CT molecular complexity index is 690. The number of anilines is 1. The van der Waals surface area contributed by atoms with Gasteiger partial charge in [-0.25, -0.2) is 4.79 Å². The lowest BCUT2D eigenvalue weighted by atomic mass is 10.0. The van der Waals surface area contributed by atoms with Gasteiger partial charge in [-0.3, -0.25) is 5.43 Å². The molecule has 0 aromatic heterocycles. The van der Waals surface area contributed by atoms with Crippen LogP contribution in [-0.2, 0) is 9.53 Å². The van der Waals surface area contributed by atoms with Crippen molar-refractivity contribution < 1.29 is 9.53 Å². The lowest BCUT2D eigenvalue weighted by Gasteiger charge is -2.13. The van der Waals surface area contributed by atoms with Crippen molar-refractivity contribution >= 4 is 57.9 Å². The standard InChI is InChI=1S/C13H12Cl2N4O2S/c14-10-9(21-12(20)11(10)15)5-8(18-19-13(17)22)6-2-1-3-7(16)4-6/h1-4,9H,5,16H2,(H3,17,19,22)/b18-8-. The maximum Gasteiger partial charge on any atom is 0.351 e. The van der Waals surface area contributed by atoms with E-state index in [0.717, 1.165) is 0 Å². The van der Waals surface area contributed by atoms with Crippen molar-refractivity contribution in [3.8, 4) is 0 Å². The predicted octanol–water partition coefficient (Wildman–Crippen LogP) is 1.81. The van der Waals surface area contributed by atoms with Crippen molar-refractivity contribution in [2.45, 2.75) is 12.5 Å². The molecular weight excluding hydrogens is 347 g/mol. The Morgan fingerprint density at radius 3 is 2.73 bits per heavy atom. The number of ether oxygens (including phenoxy) is 1. The molecule has 1 aliphatic rings. The predicted molar refractivity (Wildman–Crippen MR) is 90.5 cm³/mol. The summed E-state index contributed by atoms with van der Waals surface area (Å²) in [6.45, 7) is 0. The molecule has 0 saturated heterocycles. The highest BCUT2D eigenvalue weighted by Gasteiger charge is 2.33. The fourth-order valence-corrected chi connectivity index (χ4v) is 2.26. The first-order chi connectivity index (χ1) is 10.4. The van der Waals surface area contributed by atoms with E-state index >= 15 is 0 Å². The van der Waals surface area contributed by atoms with Gasteiger partial charge in [0.05, 0.1) is 10.7 Å². The Morgan fingerprint density at radius 1 is 1.45 bits per heavy atom. The minimum absolute atomic E-state index is 0.00416. The molecule has 9 heteroatoms. The number of halogens is 2. The highest BCUT2D eigenvalue weighted by molar-refractivity contribution is 7.80. The third kappa shape index (κ3) is 3.88. The summed E-state index contributed by atoms with van der Waals surface area (Å²) in [7, 11) is 0. The van der Waals surface area contributed by atoms with E-state index in [1.165, 1.54) is 0 Å². The van der Waals surface area contributed by atoms with Gasteiger partial charge in [-0.2, -0.15) is 5.10 Å². The number of carbonyl (C=O) groups is 1. The third-order valence-corrected chi connectivity index (χ3v) is 3.80.